The number of pyridine rings is 1. The Balaban J connectivity index is 1.64. The van der Waals surface area contributed by atoms with E-state index in [1.807, 2.05) is 36.7 Å². The van der Waals surface area contributed by atoms with Crippen LogP contribution >= 0.6 is 23.4 Å². The average molecular weight is 359 g/mol. The highest BCUT2D eigenvalue weighted by Crippen LogP contribution is 2.14. The van der Waals surface area contributed by atoms with E-state index in [0.717, 1.165) is 16.3 Å². The van der Waals surface area contributed by atoms with Crippen molar-refractivity contribution in [1.29, 1.82) is 0 Å². The molecule has 0 unspecified atom stereocenters. The lowest BCUT2D eigenvalue weighted by molar-refractivity contribution is 0.0950. The predicted molar refractivity (Wildman–Crippen MR) is 95.8 cm³/mol. The minimum absolute atomic E-state index is 0.132. The molecule has 0 spiro atoms. The molecule has 1 amide bonds. The van der Waals surface area contributed by atoms with E-state index >= 15 is 0 Å². The van der Waals surface area contributed by atoms with E-state index in [1.165, 1.54) is 11.8 Å². The number of hydrogen-bond acceptors (Lipinski definition) is 4. The SMILES string of the molecule is CSc1cc(C(=O)NCc2cnn(-c3ccc(Cl)cc3)c2)ccn1. The Morgan fingerprint density at radius 3 is 2.83 bits per heavy atom. The quantitative estimate of drug-likeness (QED) is 0.708. The monoisotopic (exact) mass is 358 g/mol. The molecule has 3 rings (SSSR count). The van der Waals surface area contributed by atoms with Gasteiger partial charge < -0.3 is 5.32 Å². The van der Waals surface area contributed by atoms with Gasteiger partial charge in [-0.05, 0) is 42.7 Å². The van der Waals surface area contributed by atoms with E-state index in [9.17, 15) is 4.79 Å². The zero-order valence-corrected chi connectivity index (χ0v) is 14.5. The summed E-state index contributed by atoms with van der Waals surface area (Å²) in [4.78, 5) is 16.4. The van der Waals surface area contributed by atoms with Gasteiger partial charge in [0.05, 0.1) is 16.9 Å². The van der Waals surface area contributed by atoms with Crippen LogP contribution in [0, 0.1) is 0 Å². The average Bonchev–Trinajstić information content (AvgIpc) is 3.09. The lowest BCUT2D eigenvalue weighted by Gasteiger charge is -2.04. The summed E-state index contributed by atoms with van der Waals surface area (Å²) in [7, 11) is 0. The molecule has 0 aliphatic rings. The third kappa shape index (κ3) is 3.96. The third-order valence-electron chi connectivity index (χ3n) is 3.39. The molecule has 7 heteroatoms. The zero-order valence-electron chi connectivity index (χ0n) is 12.9. The lowest BCUT2D eigenvalue weighted by Crippen LogP contribution is -2.22. The summed E-state index contributed by atoms with van der Waals surface area (Å²) < 4.78 is 1.75. The van der Waals surface area contributed by atoms with E-state index in [2.05, 4.69) is 15.4 Å². The topological polar surface area (TPSA) is 59.8 Å². The van der Waals surface area contributed by atoms with Crippen molar-refractivity contribution < 1.29 is 4.79 Å². The second kappa shape index (κ2) is 7.51. The van der Waals surface area contributed by atoms with Gasteiger partial charge in [-0.2, -0.15) is 5.10 Å². The van der Waals surface area contributed by atoms with Crippen molar-refractivity contribution in [3.8, 4) is 5.69 Å². The lowest BCUT2D eigenvalue weighted by atomic mass is 10.2. The number of rotatable bonds is 5. The molecule has 5 nitrogen and oxygen atoms in total. The number of nitrogens with one attached hydrogen (secondary N) is 1. The standard InChI is InChI=1S/C17H15ClN4OS/c1-24-16-8-13(6-7-19-16)17(23)20-9-12-10-21-22(11-12)15-4-2-14(18)3-5-15/h2-8,10-11H,9H2,1H3,(H,20,23). The van der Waals surface area contributed by atoms with Crippen LogP contribution in [0.4, 0.5) is 0 Å². The van der Waals surface area contributed by atoms with Crippen LogP contribution in [0.3, 0.4) is 0 Å². The summed E-state index contributed by atoms with van der Waals surface area (Å²) in [6.45, 7) is 0.406. The largest absolute Gasteiger partial charge is 0.348 e. The van der Waals surface area contributed by atoms with Crippen LogP contribution in [-0.2, 0) is 6.54 Å². The normalized spacial score (nSPS) is 10.6. The second-order valence-corrected chi connectivity index (χ2v) is 6.30. The number of carbonyl (C=O) groups excluding carboxylic acids is 1. The molecule has 1 aromatic carbocycles. The summed E-state index contributed by atoms with van der Waals surface area (Å²) in [6.07, 6.45) is 7.17. The van der Waals surface area contributed by atoms with Crippen LogP contribution in [0.5, 0.6) is 0 Å². The predicted octanol–water partition coefficient (Wildman–Crippen LogP) is 3.57. The van der Waals surface area contributed by atoms with Crippen LogP contribution in [0.2, 0.25) is 5.02 Å². The molecule has 0 bridgehead atoms. The molecule has 0 atom stereocenters. The van der Waals surface area contributed by atoms with E-state index in [-0.39, 0.29) is 5.91 Å². The number of aromatic nitrogens is 3. The van der Waals surface area contributed by atoms with Crippen LogP contribution in [0.15, 0.2) is 60.0 Å². The number of benzene rings is 1. The molecule has 0 fully saturated rings. The molecule has 0 aliphatic heterocycles. The Bertz CT molecular complexity index is 848. The molecule has 2 heterocycles. The summed E-state index contributed by atoms with van der Waals surface area (Å²) in [6, 6.07) is 10.9. The number of halogens is 1. The van der Waals surface area contributed by atoms with Crippen molar-refractivity contribution in [3.63, 3.8) is 0 Å². The first-order valence-electron chi connectivity index (χ1n) is 7.23. The van der Waals surface area contributed by atoms with Gasteiger partial charge in [-0.1, -0.05) is 11.6 Å². The molecule has 0 aliphatic carbocycles. The Hall–Kier alpha value is -2.31. The molecule has 1 N–H and O–H groups in total. The number of hydrogen-bond donors (Lipinski definition) is 1. The third-order valence-corrected chi connectivity index (χ3v) is 4.28. The smallest absolute Gasteiger partial charge is 0.251 e. The maximum atomic E-state index is 12.2. The highest BCUT2D eigenvalue weighted by molar-refractivity contribution is 7.98. The number of nitrogens with zero attached hydrogens (tertiary/aromatic N) is 3. The molecular formula is C17H15ClN4OS. The molecule has 24 heavy (non-hydrogen) atoms. The van der Waals surface area contributed by atoms with Crippen LogP contribution in [-0.4, -0.2) is 26.9 Å². The molecule has 0 saturated heterocycles. The first-order chi connectivity index (χ1) is 11.7. The first-order valence-corrected chi connectivity index (χ1v) is 8.84. The van der Waals surface area contributed by atoms with E-state index in [1.54, 1.807) is 29.2 Å². The van der Waals surface area contributed by atoms with Crippen LogP contribution in [0.25, 0.3) is 5.69 Å². The molecule has 0 saturated carbocycles. The van der Waals surface area contributed by atoms with Gasteiger partial charge in [-0.15, -0.1) is 11.8 Å². The minimum Gasteiger partial charge on any atom is -0.348 e. The molecular weight excluding hydrogens is 344 g/mol. The maximum Gasteiger partial charge on any atom is 0.251 e. The first kappa shape index (κ1) is 16.5. The maximum absolute atomic E-state index is 12.2. The van der Waals surface area contributed by atoms with Gasteiger partial charge in [0.2, 0.25) is 0 Å². The van der Waals surface area contributed by atoms with E-state index in [4.69, 9.17) is 11.6 Å². The molecule has 2 aromatic heterocycles. The Morgan fingerprint density at radius 1 is 1.29 bits per heavy atom. The number of amides is 1. The van der Waals surface area contributed by atoms with Gasteiger partial charge in [-0.25, -0.2) is 9.67 Å². The Labute approximate surface area is 149 Å². The number of carbonyl (C=O) groups is 1. The van der Waals surface area contributed by atoms with Crippen LogP contribution in [0.1, 0.15) is 15.9 Å². The summed E-state index contributed by atoms with van der Waals surface area (Å²) in [5, 5.41) is 8.69. The minimum atomic E-state index is -0.132. The fourth-order valence-corrected chi connectivity index (χ4v) is 2.67. The summed E-state index contributed by atoms with van der Waals surface area (Å²) >= 11 is 7.39. The fourth-order valence-electron chi connectivity index (χ4n) is 2.13. The number of thioether (sulfide) groups is 1. The van der Waals surface area contributed by atoms with Gasteiger partial charge in [-0.3, -0.25) is 4.79 Å². The van der Waals surface area contributed by atoms with Crippen molar-refractivity contribution in [2.24, 2.45) is 0 Å². The molecule has 122 valence electrons. The van der Waals surface area contributed by atoms with Crippen LogP contribution < -0.4 is 5.32 Å². The zero-order chi connectivity index (χ0) is 16.9. The Kier molecular flexibility index (Phi) is 5.17. The van der Waals surface area contributed by atoms with Crippen molar-refractivity contribution >= 4 is 29.3 Å². The van der Waals surface area contributed by atoms with Crippen molar-refractivity contribution in [3.05, 3.63) is 71.1 Å². The summed E-state index contributed by atoms with van der Waals surface area (Å²) in [5.41, 5.74) is 2.42. The van der Waals surface area contributed by atoms with E-state index in [0.29, 0.717) is 17.1 Å². The Morgan fingerprint density at radius 2 is 2.08 bits per heavy atom. The van der Waals surface area contributed by atoms with Gasteiger partial charge in [0.25, 0.3) is 5.91 Å². The molecule has 0 radical (unpaired) electrons. The van der Waals surface area contributed by atoms with E-state index < -0.39 is 0 Å². The van der Waals surface area contributed by atoms with Gasteiger partial charge >= 0.3 is 0 Å². The highest BCUT2D eigenvalue weighted by Gasteiger charge is 2.08. The summed E-state index contributed by atoms with van der Waals surface area (Å²) in [5.74, 6) is -0.132. The fraction of sp³-hybridized carbons (Fsp3) is 0.118. The molecule has 3 aromatic rings. The van der Waals surface area contributed by atoms with Crippen molar-refractivity contribution in [2.75, 3.05) is 6.26 Å². The van der Waals surface area contributed by atoms with Gasteiger partial charge in [0.1, 0.15) is 0 Å². The van der Waals surface area contributed by atoms with Gasteiger partial charge in [0.15, 0.2) is 0 Å². The second-order valence-electron chi connectivity index (χ2n) is 5.04. The van der Waals surface area contributed by atoms with Gasteiger partial charge in [0, 0.05) is 35.1 Å². The van der Waals surface area contributed by atoms with Crippen molar-refractivity contribution in [1.82, 2.24) is 20.1 Å². The highest BCUT2D eigenvalue weighted by atomic mass is 35.5. The van der Waals surface area contributed by atoms with Crippen molar-refractivity contribution in [2.45, 2.75) is 11.6 Å².